The lowest BCUT2D eigenvalue weighted by molar-refractivity contribution is -0.116. The van der Waals surface area contributed by atoms with Gasteiger partial charge in [-0.1, -0.05) is 18.4 Å². The van der Waals surface area contributed by atoms with Gasteiger partial charge in [0.15, 0.2) is 5.78 Å². The third-order valence-electron chi connectivity index (χ3n) is 3.35. The van der Waals surface area contributed by atoms with E-state index in [0.717, 1.165) is 12.3 Å². The quantitative estimate of drug-likeness (QED) is 0.538. The molecule has 12 heavy (non-hydrogen) atoms. The molecule has 0 saturated heterocycles. The lowest BCUT2D eigenvalue weighted by Gasteiger charge is -2.34. The zero-order valence-electron chi connectivity index (χ0n) is 7.68. The summed E-state index contributed by atoms with van der Waals surface area (Å²) in [6, 6.07) is 0. The summed E-state index contributed by atoms with van der Waals surface area (Å²) in [5.74, 6) is 1.79. The molecule has 2 atom stereocenters. The molecule has 0 radical (unpaired) electrons. The Bertz CT molecular complexity index is 227. The summed E-state index contributed by atoms with van der Waals surface area (Å²) < 4.78 is 0. The first-order valence-corrected chi connectivity index (χ1v) is 4.98. The monoisotopic (exact) mass is 164 g/mol. The molecule has 0 aromatic rings. The number of carbonyl (C=O) groups excluding carboxylic acids is 1. The molecule has 1 saturated carbocycles. The van der Waals surface area contributed by atoms with Crippen LogP contribution in [-0.4, -0.2) is 5.78 Å². The maximum Gasteiger partial charge on any atom is 0.155 e. The second kappa shape index (κ2) is 3.04. The minimum atomic E-state index is 0.357. The van der Waals surface area contributed by atoms with Crippen LogP contribution >= 0.6 is 0 Å². The molecule has 2 rings (SSSR count). The van der Waals surface area contributed by atoms with E-state index in [1.165, 1.54) is 31.3 Å². The van der Waals surface area contributed by atoms with Crippen LogP contribution in [-0.2, 0) is 4.79 Å². The zero-order chi connectivity index (χ0) is 8.55. The van der Waals surface area contributed by atoms with Crippen molar-refractivity contribution in [1.29, 1.82) is 0 Å². The first kappa shape index (κ1) is 8.03. The average molecular weight is 164 g/mol. The van der Waals surface area contributed by atoms with E-state index in [1.54, 1.807) is 0 Å². The van der Waals surface area contributed by atoms with Gasteiger partial charge in [0.05, 0.1) is 0 Å². The first-order valence-electron chi connectivity index (χ1n) is 4.98. The number of allylic oxidation sites excluding steroid dienone is 2. The Hall–Kier alpha value is -0.590. The van der Waals surface area contributed by atoms with Gasteiger partial charge < -0.3 is 0 Å². The van der Waals surface area contributed by atoms with Crippen LogP contribution in [0.25, 0.3) is 0 Å². The van der Waals surface area contributed by atoms with Crippen LogP contribution in [0.2, 0.25) is 0 Å². The molecule has 0 aliphatic heterocycles. The van der Waals surface area contributed by atoms with E-state index in [9.17, 15) is 4.79 Å². The maximum absolute atomic E-state index is 11.3. The van der Waals surface area contributed by atoms with Gasteiger partial charge in [-0.2, -0.15) is 0 Å². The highest BCUT2D eigenvalue weighted by Crippen LogP contribution is 2.39. The van der Waals surface area contributed by atoms with Crippen LogP contribution in [0.3, 0.4) is 0 Å². The van der Waals surface area contributed by atoms with Crippen LogP contribution in [0.5, 0.6) is 0 Å². The van der Waals surface area contributed by atoms with Gasteiger partial charge in [-0.25, -0.2) is 0 Å². The van der Waals surface area contributed by atoms with Crippen LogP contribution < -0.4 is 0 Å². The molecule has 0 spiro atoms. The average Bonchev–Trinajstić information content (AvgIpc) is 2.04. The predicted octanol–water partition coefficient (Wildman–Crippen LogP) is 2.71. The molecule has 0 bridgehead atoms. The summed E-state index contributed by atoms with van der Waals surface area (Å²) in [7, 11) is 0. The fourth-order valence-corrected chi connectivity index (χ4v) is 2.73. The molecule has 2 aliphatic carbocycles. The highest BCUT2D eigenvalue weighted by molar-refractivity contribution is 5.91. The summed E-state index contributed by atoms with van der Waals surface area (Å²) in [6.45, 7) is 2.13. The number of carbonyl (C=O) groups is 1. The Kier molecular flexibility index (Phi) is 2.03. The van der Waals surface area contributed by atoms with E-state index in [-0.39, 0.29) is 0 Å². The molecule has 0 N–H and O–H groups in total. The molecule has 1 nitrogen and oxygen atoms in total. The van der Waals surface area contributed by atoms with Crippen molar-refractivity contribution in [3.05, 3.63) is 11.6 Å². The Labute approximate surface area is 73.8 Å². The van der Waals surface area contributed by atoms with Crippen molar-refractivity contribution in [3.63, 3.8) is 0 Å². The van der Waals surface area contributed by atoms with Crippen molar-refractivity contribution in [2.45, 2.75) is 39.0 Å². The van der Waals surface area contributed by atoms with E-state index in [4.69, 9.17) is 0 Å². The summed E-state index contributed by atoms with van der Waals surface area (Å²) in [6.07, 6.45) is 7.98. The Morgan fingerprint density at radius 3 is 2.92 bits per heavy atom. The van der Waals surface area contributed by atoms with E-state index in [0.29, 0.717) is 11.7 Å². The van der Waals surface area contributed by atoms with Crippen molar-refractivity contribution in [2.24, 2.45) is 11.8 Å². The minimum Gasteiger partial charge on any atom is -0.295 e. The van der Waals surface area contributed by atoms with Gasteiger partial charge in [-0.05, 0) is 37.7 Å². The highest BCUT2D eigenvalue weighted by Gasteiger charge is 2.30. The molecule has 0 heterocycles. The SMILES string of the molecule is CC1=CC(=O)C[C@@H]2CCCCC12. The van der Waals surface area contributed by atoms with Gasteiger partial charge >= 0.3 is 0 Å². The predicted molar refractivity (Wildman–Crippen MR) is 48.8 cm³/mol. The molecule has 66 valence electrons. The third-order valence-corrected chi connectivity index (χ3v) is 3.35. The van der Waals surface area contributed by atoms with Crippen molar-refractivity contribution in [2.75, 3.05) is 0 Å². The van der Waals surface area contributed by atoms with Gasteiger partial charge in [-0.3, -0.25) is 4.79 Å². The van der Waals surface area contributed by atoms with Crippen LogP contribution in [0.1, 0.15) is 39.0 Å². The van der Waals surface area contributed by atoms with Crippen molar-refractivity contribution in [3.8, 4) is 0 Å². The molecule has 1 fully saturated rings. The molecular weight excluding hydrogens is 148 g/mol. The number of rotatable bonds is 0. The van der Waals surface area contributed by atoms with Gasteiger partial charge in [0.1, 0.15) is 0 Å². The van der Waals surface area contributed by atoms with Crippen molar-refractivity contribution < 1.29 is 4.79 Å². The summed E-state index contributed by atoms with van der Waals surface area (Å²) in [5.41, 5.74) is 1.34. The summed E-state index contributed by atoms with van der Waals surface area (Å²) in [4.78, 5) is 11.3. The molecule has 0 aromatic heterocycles. The summed E-state index contributed by atoms with van der Waals surface area (Å²) >= 11 is 0. The normalized spacial score (nSPS) is 35.8. The molecule has 1 unspecified atom stereocenters. The molecular formula is C11H16O. The second-order valence-corrected chi connectivity index (χ2v) is 4.21. The summed E-state index contributed by atoms with van der Waals surface area (Å²) in [5, 5.41) is 0. The van der Waals surface area contributed by atoms with Crippen LogP contribution in [0.15, 0.2) is 11.6 Å². The van der Waals surface area contributed by atoms with E-state index < -0.39 is 0 Å². The van der Waals surface area contributed by atoms with Gasteiger partial charge in [-0.15, -0.1) is 0 Å². The number of hydrogen-bond donors (Lipinski definition) is 0. The fraction of sp³-hybridized carbons (Fsp3) is 0.727. The zero-order valence-corrected chi connectivity index (χ0v) is 7.68. The standard InChI is InChI=1S/C11H16O/c1-8-6-10(12)7-9-4-2-3-5-11(8)9/h6,9,11H,2-5,7H2,1H3/t9-,11?/m0/s1. The maximum atomic E-state index is 11.3. The second-order valence-electron chi connectivity index (χ2n) is 4.21. The first-order chi connectivity index (χ1) is 5.77. The van der Waals surface area contributed by atoms with E-state index in [1.807, 2.05) is 6.08 Å². The van der Waals surface area contributed by atoms with Crippen LogP contribution in [0, 0.1) is 11.8 Å². The topological polar surface area (TPSA) is 17.1 Å². The number of fused-ring (bicyclic) bond motifs is 1. The molecule has 0 aromatic carbocycles. The fourth-order valence-electron chi connectivity index (χ4n) is 2.73. The third kappa shape index (κ3) is 1.33. The van der Waals surface area contributed by atoms with Crippen molar-refractivity contribution in [1.82, 2.24) is 0 Å². The van der Waals surface area contributed by atoms with Gasteiger partial charge in [0, 0.05) is 6.42 Å². The minimum absolute atomic E-state index is 0.357. The molecule has 1 heteroatoms. The van der Waals surface area contributed by atoms with Gasteiger partial charge in [0.2, 0.25) is 0 Å². The number of hydrogen-bond acceptors (Lipinski definition) is 1. The Balaban J connectivity index is 2.19. The Morgan fingerprint density at radius 1 is 1.33 bits per heavy atom. The Morgan fingerprint density at radius 2 is 2.08 bits per heavy atom. The highest BCUT2D eigenvalue weighted by atomic mass is 16.1. The lowest BCUT2D eigenvalue weighted by Crippen LogP contribution is -2.26. The van der Waals surface area contributed by atoms with Crippen LogP contribution in [0.4, 0.5) is 0 Å². The largest absolute Gasteiger partial charge is 0.295 e. The van der Waals surface area contributed by atoms with E-state index in [2.05, 4.69) is 6.92 Å². The van der Waals surface area contributed by atoms with Crippen molar-refractivity contribution >= 4 is 5.78 Å². The number of ketones is 1. The molecule has 2 aliphatic rings. The smallest absolute Gasteiger partial charge is 0.155 e. The van der Waals surface area contributed by atoms with E-state index >= 15 is 0 Å². The van der Waals surface area contributed by atoms with Gasteiger partial charge in [0.25, 0.3) is 0 Å². The molecule has 0 amide bonds. The lowest BCUT2D eigenvalue weighted by atomic mass is 9.70.